The maximum absolute atomic E-state index is 9.37. The van der Waals surface area contributed by atoms with E-state index in [1.807, 2.05) is 5.57 Å². The molecule has 0 amide bonds. The summed E-state index contributed by atoms with van der Waals surface area (Å²) in [6, 6.07) is 0. The van der Waals surface area contributed by atoms with Gasteiger partial charge in [-0.25, -0.2) is 0 Å². The van der Waals surface area contributed by atoms with Gasteiger partial charge >= 0.3 is 5.97 Å². The smallest absolute Gasteiger partial charge is 0.303 e. The highest BCUT2D eigenvalue weighted by molar-refractivity contribution is 5.66. The number of hydrogen-bond donors (Lipinski definition) is 1. The lowest BCUT2D eigenvalue weighted by Crippen LogP contribution is -1.97. The van der Waals surface area contributed by atoms with Gasteiger partial charge in [0.15, 0.2) is 0 Å². The largest absolute Gasteiger partial charge is 0.481 e. The number of rotatable bonds is 6. The van der Waals surface area contributed by atoms with Crippen LogP contribution < -0.4 is 0 Å². The molecule has 2 nitrogen and oxygen atoms in total. The number of allylic oxidation sites excluding steroid dienone is 4. The minimum Gasteiger partial charge on any atom is -0.481 e. The van der Waals surface area contributed by atoms with Gasteiger partial charge in [0.1, 0.15) is 0 Å². The molecular formula is C23H38O2. The summed E-state index contributed by atoms with van der Waals surface area (Å²) in [6.45, 7) is 3.89. The van der Waals surface area contributed by atoms with Crippen molar-refractivity contribution in [1.82, 2.24) is 0 Å². The summed E-state index contributed by atoms with van der Waals surface area (Å²) in [7, 11) is 0. The third kappa shape index (κ3) is 6.99. The molecule has 4 aliphatic rings. The molecular weight excluding hydrogens is 308 g/mol. The van der Waals surface area contributed by atoms with E-state index in [0.717, 1.165) is 23.7 Å². The molecule has 4 atom stereocenters. The van der Waals surface area contributed by atoms with Crippen LogP contribution in [0.4, 0.5) is 0 Å². The van der Waals surface area contributed by atoms with Crippen molar-refractivity contribution >= 4 is 5.97 Å². The Labute approximate surface area is 154 Å². The van der Waals surface area contributed by atoms with E-state index in [1.54, 1.807) is 6.92 Å². The minimum absolute atomic E-state index is 0.222. The molecule has 2 heteroatoms. The van der Waals surface area contributed by atoms with E-state index in [-0.39, 0.29) is 6.42 Å². The van der Waals surface area contributed by atoms with E-state index in [0.29, 0.717) is 0 Å². The van der Waals surface area contributed by atoms with E-state index >= 15 is 0 Å². The van der Waals surface area contributed by atoms with Crippen LogP contribution in [0.1, 0.15) is 90.9 Å². The van der Waals surface area contributed by atoms with Gasteiger partial charge in [-0.2, -0.15) is 0 Å². The van der Waals surface area contributed by atoms with Crippen molar-refractivity contribution in [1.29, 1.82) is 0 Å². The van der Waals surface area contributed by atoms with Gasteiger partial charge < -0.3 is 5.11 Å². The second kappa shape index (κ2) is 10.8. The summed E-state index contributed by atoms with van der Waals surface area (Å²) in [5.41, 5.74) is 1.83. The standard InChI is InChI=1S/C13H22.C7H10.C3H6O2/c1-2-3-4-5-6-12-9-11-7-8-13(12)10-11;1-2-7-4-3-6(1)5-7;1-2-3(4)5/h9,11,13H,2-8,10H2,1H3;1-2,6-7H,3-5H2;2H2,1H3,(H,4,5). The van der Waals surface area contributed by atoms with E-state index in [9.17, 15) is 4.79 Å². The molecule has 0 heterocycles. The average Bonchev–Trinajstić information content (AvgIpc) is 3.41. The fourth-order valence-electron chi connectivity index (χ4n) is 4.70. The van der Waals surface area contributed by atoms with Crippen LogP contribution in [-0.2, 0) is 4.79 Å². The molecule has 142 valence electrons. The second-order valence-corrected chi connectivity index (χ2v) is 8.29. The first-order valence-corrected chi connectivity index (χ1v) is 10.7. The molecule has 1 N–H and O–H groups in total. The van der Waals surface area contributed by atoms with Crippen molar-refractivity contribution in [2.45, 2.75) is 90.9 Å². The third-order valence-electron chi connectivity index (χ3n) is 6.24. The summed E-state index contributed by atoms with van der Waals surface area (Å²) in [4.78, 5) is 9.37. The third-order valence-corrected chi connectivity index (χ3v) is 6.24. The second-order valence-electron chi connectivity index (χ2n) is 8.29. The molecule has 2 fully saturated rings. The predicted octanol–water partition coefficient (Wildman–Crippen LogP) is 6.77. The van der Waals surface area contributed by atoms with Gasteiger partial charge in [-0.1, -0.05) is 56.9 Å². The summed E-state index contributed by atoms with van der Waals surface area (Å²) in [6.07, 6.45) is 23.6. The monoisotopic (exact) mass is 346 g/mol. The summed E-state index contributed by atoms with van der Waals surface area (Å²) in [5.74, 6) is 3.25. The highest BCUT2D eigenvalue weighted by Gasteiger charge is 2.31. The fraction of sp³-hybridized carbons (Fsp3) is 0.783. The van der Waals surface area contributed by atoms with Gasteiger partial charge in [0, 0.05) is 6.42 Å². The molecule has 0 aliphatic heterocycles. The Hall–Kier alpha value is -1.05. The van der Waals surface area contributed by atoms with Gasteiger partial charge in [-0.05, 0) is 75.0 Å². The average molecular weight is 347 g/mol. The van der Waals surface area contributed by atoms with Crippen LogP contribution in [0.25, 0.3) is 0 Å². The normalized spacial score (nSPS) is 30.4. The van der Waals surface area contributed by atoms with E-state index in [4.69, 9.17) is 5.11 Å². The summed E-state index contributed by atoms with van der Waals surface area (Å²) in [5, 5.41) is 7.72. The predicted molar refractivity (Wildman–Crippen MR) is 106 cm³/mol. The number of aliphatic carboxylic acids is 1. The van der Waals surface area contributed by atoms with E-state index in [2.05, 4.69) is 25.2 Å². The van der Waals surface area contributed by atoms with Crippen LogP contribution in [0.3, 0.4) is 0 Å². The number of carboxylic acids is 1. The number of unbranched alkanes of at least 4 members (excludes halogenated alkanes) is 3. The maximum atomic E-state index is 9.37. The van der Waals surface area contributed by atoms with Crippen molar-refractivity contribution in [3.63, 3.8) is 0 Å². The summed E-state index contributed by atoms with van der Waals surface area (Å²) < 4.78 is 0. The Morgan fingerprint density at radius 1 is 0.960 bits per heavy atom. The Balaban J connectivity index is 0.000000157. The Morgan fingerprint density at radius 3 is 1.96 bits per heavy atom. The lowest BCUT2D eigenvalue weighted by atomic mass is 9.94. The first kappa shape index (κ1) is 20.3. The van der Waals surface area contributed by atoms with Crippen LogP contribution in [0.15, 0.2) is 23.8 Å². The highest BCUT2D eigenvalue weighted by atomic mass is 16.4. The molecule has 0 aromatic carbocycles. The molecule has 4 unspecified atom stereocenters. The lowest BCUT2D eigenvalue weighted by molar-refractivity contribution is -0.136. The first-order chi connectivity index (χ1) is 12.1. The Kier molecular flexibility index (Phi) is 8.78. The molecule has 2 saturated carbocycles. The Morgan fingerprint density at radius 2 is 1.60 bits per heavy atom. The van der Waals surface area contributed by atoms with Gasteiger partial charge in [0.2, 0.25) is 0 Å². The van der Waals surface area contributed by atoms with E-state index in [1.165, 1.54) is 70.6 Å². The number of hydrogen-bond acceptors (Lipinski definition) is 1. The van der Waals surface area contributed by atoms with Gasteiger partial charge in [0.25, 0.3) is 0 Å². The molecule has 0 aromatic heterocycles. The van der Waals surface area contributed by atoms with Crippen LogP contribution in [-0.4, -0.2) is 11.1 Å². The first-order valence-electron chi connectivity index (χ1n) is 10.7. The quantitative estimate of drug-likeness (QED) is 0.426. The van der Waals surface area contributed by atoms with Crippen molar-refractivity contribution in [3.05, 3.63) is 23.8 Å². The topological polar surface area (TPSA) is 37.3 Å². The number of carboxylic acid groups (broad SMARTS) is 1. The minimum atomic E-state index is -0.745. The van der Waals surface area contributed by atoms with Crippen molar-refractivity contribution < 1.29 is 9.90 Å². The van der Waals surface area contributed by atoms with E-state index < -0.39 is 5.97 Å². The van der Waals surface area contributed by atoms with Crippen molar-refractivity contribution in [2.24, 2.45) is 23.7 Å². The molecule has 0 aromatic rings. The maximum Gasteiger partial charge on any atom is 0.303 e. The van der Waals surface area contributed by atoms with Gasteiger partial charge in [-0.3, -0.25) is 4.79 Å². The fourth-order valence-corrected chi connectivity index (χ4v) is 4.70. The zero-order valence-corrected chi connectivity index (χ0v) is 16.4. The highest BCUT2D eigenvalue weighted by Crippen LogP contribution is 2.45. The van der Waals surface area contributed by atoms with Crippen molar-refractivity contribution in [3.8, 4) is 0 Å². The van der Waals surface area contributed by atoms with Crippen LogP contribution >= 0.6 is 0 Å². The molecule has 4 aliphatic carbocycles. The van der Waals surface area contributed by atoms with Crippen LogP contribution in [0, 0.1) is 23.7 Å². The van der Waals surface area contributed by atoms with Gasteiger partial charge in [-0.15, -0.1) is 0 Å². The zero-order chi connectivity index (χ0) is 18.1. The molecule has 4 rings (SSSR count). The Bertz CT molecular complexity index is 451. The number of carbonyl (C=O) groups is 1. The molecule has 4 bridgehead atoms. The molecule has 0 saturated heterocycles. The zero-order valence-electron chi connectivity index (χ0n) is 16.4. The van der Waals surface area contributed by atoms with Crippen LogP contribution in [0.2, 0.25) is 0 Å². The lowest BCUT2D eigenvalue weighted by Gasteiger charge is -2.12. The molecule has 25 heavy (non-hydrogen) atoms. The van der Waals surface area contributed by atoms with Gasteiger partial charge in [0.05, 0.1) is 0 Å². The number of fused-ring (bicyclic) bond motifs is 4. The molecule has 0 spiro atoms. The SMILES string of the molecule is C1=CC2CCC1C2.CCC(=O)O.CCCCCCC1=CC2CCC1C2. The van der Waals surface area contributed by atoms with Crippen LogP contribution in [0.5, 0.6) is 0 Å². The summed E-state index contributed by atoms with van der Waals surface area (Å²) >= 11 is 0. The molecule has 0 radical (unpaired) electrons. The van der Waals surface area contributed by atoms with Crippen molar-refractivity contribution in [2.75, 3.05) is 0 Å².